The Morgan fingerprint density at radius 3 is 2.26 bits per heavy atom. The van der Waals surface area contributed by atoms with Gasteiger partial charge in [-0.2, -0.15) is 0 Å². The van der Waals surface area contributed by atoms with Gasteiger partial charge in [0.05, 0.1) is 0 Å². The molecule has 3 heteroatoms. The van der Waals surface area contributed by atoms with Crippen molar-refractivity contribution in [1.29, 1.82) is 0 Å². The zero-order valence-electron chi connectivity index (χ0n) is 12.5. The van der Waals surface area contributed by atoms with Gasteiger partial charge in [-0.1, -0.05) is 39.8 Å². The molecule has 1 rings (SSSR count). The van der Waals surface area contributed by atoms with Crippen LogP contribution in [-0.4, -0.2) is 18.5 Å². The molecule has 0 spiro atoms. The standard InChI is InChI=1S/C16H26N2O/c1-5-14(10-11-17)18-15(19)12-6-8-13(9-7-12)16(2,3)4/h6-9,14H,5,10-11,17H2,1-4H3,(H,18,19). The number of carbonyl (C=O) groups is 1. The Morgan fingerprint density at radius 2 is 1.84 bits per heavy atom. The van der Waals surface area contributed by atoms with E-state index < -0.39 is 0 Å². The highest BCUT2D eigenvalue weighted by molar-refractivity contribution is 5.94. The average Bonchev–Trinajstić information content (AvgIpc) is 2.37. The van der Waals surface area contributed by atoms with E-state index in [0.717, 1.165) is 12.8 Å². The molecule has 3 nitrogen and oxygen atoms in total. The van der Waals surface area contributed by atoms with Gasteiger partial charge in [0.1, 0.15) is 0 Å². The summed E-state index contributed by atoms with van der Waals surface area (Å²) < 4.78 is 0. The van der Waals surface area contributed by atoms with Crippen LogP contribution in [0.5, 0.6) is 0 Å². The lowest BCUT2D eigenvalue weighted by Gasteiger charge is -2.20. The molecule has 1 aromatic rings. The second kappa shape index (κ2) is 6.71. The summed E-state index contributed by atoms with van der Waals surface area (Å²) in [6.07, 6.45) is 1.73. The van der Waals surface area contributed by atoms with Crippen LogP contribution in [0.25, 0.3) is 0 Å². The molecule has 0 aromatic heterocycles. The Labute approximate surface area is 116 Å². The SMILES string of the molecule is CCC(CCN)NC(=O)c1ccc(C(C)(C)C)cc1. The molecule has 106 valence electrons. The van der Waals surface area contributed by atoms with Crippen molar-refractivity contribution < 1.29 is 4.79 Å². The lowest BCUT2D eigenvalue weighted by molar-refractivity contribution is 0.0934. The van der Waals surface area contributed by atoms with Gasteiger partial charge in [-0.15, -0.1) is 0 Å². The van der Waals surface area contributed by atoms with Crippen LogP contribution >= 0.6 is 0 Å². The number of hydrogen-bond donors (Lipinski definition) is 2. The maximum Gasteiger partial charge on any atom is 0.251 e. The third kappa shape index (κ3) is 4.67. The molecule has 1 aromatic carbocycles. The minimum Gasteiger partial charge on any atom is -0.349 e. The van der Waals surface area contributed by atoms with Crippen molar-refractivity contribution in [2.45, 2.75) is 52.0 Å². The molecule has 0 radical (unpaired) electrons. The van der Waals surface area contributed by atoms with Crippen LogP contribution in [0.15, 0.2) is 24.3 Å². The van der Waals surface area contributed by atoms with Crippen LogP contribution in [0.2, 0.25) is 0 Å². The highest BCUT2D eigenvalue weighted by Crippen LogP contribution is 2.22. The van der Waals surface area contributed by atoms with E-state index in [1.165, 1.54) is 5.56 Å². The molecule has 1 amide bonds. The van der Waals surface area contributed by atoms with Crippen molar-refractivity contribution in [3.63, 3.8) is 0 Å². The Balaban J connectivity index is 2.73. The summed E-state index contributed by atoms with van der Waals surface area (Å²) in [5.74, 6) is -0.0132. The maximum atomic E-state index is 12.1. The normalized spacial score (nSPS) is 13.1. The van der Waals surface area contributed by atoms with E-state index in [-0.39, 0.29) is 17.4 Å². The predicted molar refractivity (Wildman–Crippen MR) is 80.4 cm³/mol. The summed E-state index contributed by atoms with van der Waals surface area (Å²) >= 11 is 0. The summed E-state index contributed by atoms with van der Waals surface area (Å²) in [4.78, 5) is 12.1. The van der Waals surface area contributed by atoms with Crippen molar-refractivity contribution in [2.75, 3.05) is 6.54 Å². The molecule has 0 heterocycles. The fraction of sp³-hybridized carbons (Fsp3) is 0.562. The number of nitrogens with one attached hydrogen (secondary N) is 1. The van der Waals surface area contributed by atoms with Gasteiger partial charge >= 0.3 is 0 Å². The zero-order valence-corrected chi connectivity index (χ0v) is 12.5. The number of carbonyl (C=O) groups excluding carboxylic acids is 1. The lowest BCUT2D eigenvalue weighted by Crippen LogP contribution is -2.35. The topological polar surface area (TPSA) is 55.1 Å². The molecule has 1 unspecified atom stereocenters. The second-order valence-electron chi connectivity index (χ2n) is 5.98. The van der Waals surface area contributed by atoms with Crippen LogP contribution in [0.4, 0.5) is 0 Å². The van der Waals surface area contributed by atoms with Crippen LogP contribution in [0.3, 0.4) is 0 Å². The predicted octanol–water partition coefficient (Wildman–Crippen LogP) is 2.84. The van der Waals surface area contributed by atoms with Crippen molar-refractivity contribution in [3.8, 4) is 0 Å². The molecule has 19 heavy (non-hydrogen) atoms. The van der Waals surface area contributed by atoms with Crippen LogP contribution in [0, 0.1) is 0 Å². The minimum absolute atomic E-state index is 0.0132. The molecule has 0 aliphatic heterocycles. The van der Waals surface area contributed by atoms with Gasteiger partial charge in [0, 0.05) is 11.6 Å². The number of amides is 1. The highest BCUT2D eigenvalue weighted by Gasteiger charge is 2.15. The fourth-order valence-electron chi connectivity index (χ4n) is 1.97. The van der Waals surface area contributed by atoms with Gasteiger partial charge in [0.15, 0.2) is 0 Å². The maximum absolute atomic E-state index is 12.1. The van der Waals surface area contributed by atoms with E-state index in [1.54, 1.807) is 0 Å². The largest absolute Gasteiger partial charge is 0.349 e. The quantitative estimate of drug-likeness (QED) is 0.857. The Morgan fingerprint density at radius 1 is 1.26 bits per heavy atom. The molecule has 0 fully saturated rings. The first-order valence-electron chi connectivity index (χ1n) is 7.00. The highest BCUT2D eigenvalue weighted by atomic mass is 16.1. The summed E-state index contributed by atoms with van der Waals surface area (Å²) in [5.41, 5.74) is 7.59. The Bertz CT molecular complexity index is 404. The number of hydrogen-bond acceptors (Lipinski definition) is 2. The summed E-state index contributed by atoms with van der Waals surface area (Å²) in [6, 6.07) is 8.01. The molecular weight excluding hydrogens is 236 g/mol. The average molecular weight is 262 g/mol. The third-order valence-corrected chi connectivity index (χ3v) is 3.36. The first kappa shape index (κ1) is 15.7. The molecule has 0 saturated heterocycles. The molecule has 3 N–H and O–H groups in total. The van der Waals surface area contributed by atoms with Crippen molar-refractivity contribution in [3.05, 3.63) is 35.4 Å². The van der Waals surface area contributed by atoms with E-state index in [4.69, 9.17) is 5.73 Å². The van der Waals surface area contributed by atoms with E-state index in [9.17, 15) is 4.79 Å². The number of nitrogens with two attached hydrogens (primary N) is 1. The third-order valence-electron chi connectivity index (χ3n) is 3.36. The van der Waals surface area contributed by atoms with E-state index >= 15 is 0 Å². The molecule has 1 atom stereocenters. The molecular formula is C16H26N2O. The zero-order chi connectivity index (χ0) is 14.5. The first-order chi connectivity index (χ1) is 8.88. The van der Waals surface area contributed by atoms with Gasteiger partial charge in [-0.05, 0) is 42.5 Å². The van der Waals surface area contributed by atoms with Crippen molar-refractivity contribution in [2.24, 2.45) is 5.73 Å². The van der Waals surface area contributed by atoms with Gasteiger partial charge in [0.25, 0.3) is 5.91 Å². The van der Waals surface area contributed by atoms with Gasteiger partial charge in [-0.25, -0.2) is 0 Å². The number of rotatable bonds is 5. The van der Waals surface area contributed by atoms with Crippen molar-refractivity contribution in [1.82, 2.24) is 5.32 Å². The summed E-state index contributed by atoms with van der Waals surface area (Å²) in [7, 11) is 0. The molecule has 0 aliphatic carbocycles. The van der Waals surface area contributed by atoms with Gasteiger partial charge < -0.3 is 11.1 Å². The van der Waals surface area contributed by atoms with E-state index in [2.05, 4.69) is 33.0 Å². The molecule has 0 bridgehead atoms. The van der Waals surface area contributed by atoms with Gasteiger partial charge in [-0.3, -0.25) is 4.79 Å². The smallest absolute Gasteiger partial charge is 0.251 e. The second-order valence-corrected chi connectivity index (χ2v) is 5.98. The van der Waals surface area contributed by atoms with Crippen LogP contribution in [-0.2, 0) is 5.41 Å². The Hall–Kier alpha value is -1.35. The van der Waals surface area contributed by atoms with Crippen LogP contribution < -0.4 is 11.1 Å². The minimum atomic E-state index is -0.0132. The lowest BCUT2D eigenvalue weighted by atomic mass is 9.86. The van der Waals surface area contributed by atoms with E-state index in [1.807, 2.05) is 24.3 Å². The van der Waals surface area contributed by atoms with Crippen LogP contribution in [0.1, 0.15) is 56.5 Å². The summed E-state index contributed by atoms with van der Waals surface area (Å²) in [6.45, 7) is 9.15. The fourth-order valence-corrected chi connectivity index (χ4v) is 1.97. The number of benzene rings is 1. The molecule has 0 aliphatic rings. The monoisotopic (exact) mass is 262 g/mol. The Kier molecular flexibility index (Phi) is 5.55. The first-order valence-corrected chi connectivity index (χ1v) is 7.00. The summed E-state index contributed by atoms with van der Waals surface area (Å²) in [5, 5.41) is 3.02. The molecule has 0 saturated carbocycles. The van der Waals surface area contributed by atoms with E-state index in [0.29, 0.717) is 12.1 Å². The van der Waals surface area contributed by atoms with Gasteiger partial charge in [0.2, 0.25) is 0 Å². The van der Waals surface area contributed by atoms with Crippen molar-refractivity contribution >= 4 is 5.91 Å².